The molecule has 4 nitrogen and oxygen atoms in total. The minimum Gasteiger partial charge on any atom is -0.377 e. The molecule has 2 N–H and O–H groups in total. The van der Waals surface area contributed by atoms with Crippen LogP contribution in [0.5, 0.6) is 0 Å². The summed E-state index contributed by atoms with van der Waals surface area (Å²) in [6.07, 6.45) is 0.420. The van der Waals surface area contributed by atoms with Gasteiger partial charge in [-0.15, -0.1) is 0 Å². The molecule has 1 aliphatic rings. The molecule has 0 aromatic heterocycles. The fourth-order valence-corrected chi connectivity index (χ4v) is 1.64. The molecule has 0 aromatic carbocycles. The summed E-state index contributed by atoms with van der Waals surface area (Å²) in [4.78, 5) is 2.27. The highest BCUT2D eigenvalue weighted by Crippen LogP contribution is 2.14. The monoisotopic (exact) mass is 174 g/mol. The van der Waals surface area contributed by atoms with E-state index in [2.05, 4.69) is 4.90 Å². The third kappa shape index (κ3) is 2.17. The van der Waals surface area contributed by atoms with Gasteiger partial charge in [0.1, 0.15) is 0 Å². The number of methoxy groups -OCH3 is 2. The molecule has 1 heterocycles. The first-order valence-corrected chi connectivity index (χ1v) is 4.29. The Hall–Kier alpha value is -0.160. The van der Waals surface area contributed by atoms with E-state index in [0.29, 0.717) is 6.54 Å². The Labute approximate surface area is 73.6 Å². The Morgan fingerprint density at radius 1 is 1.25 bits per heavy atom. The molecule has 72 valence electrons. The van der Waals surface area contributed by atoms with Crippen molar-refractivity contribution in [2.24, 2.45) is 5.73 Å². The molecular formula is C8H18N2O2. The predicted molar refractivity (Wildman–Crippen MR) is 47.1 cm³/mol. The quantitative estimate of drug-likeness (QED) is 0.611. The van der Waals surface area contributed by atoms with Crippen LogP contribution in [0.3, 0.4) is 0 Å². The number of hydrogen-bond acceptors (Lipinski definition) is 4. The molecular weight excluding hydrogens is 156 g/mol. The molecule has 0 radical (unpaired) electrons. The van der Waals surface area contributed by atoms with E-state index in [4.69, 9.17) is 15.2 Å². The summed E-state index contributed by atoms with van der Waals surface area (Å²) < 4.78 is 10.6. The minimum absolute atomic E-state index is 0.210. The molecule has 0 spiro atoms. The van der Waals surface area contributed by atoms with Gasteiger partial charge in [-0.2, -0.15) is 0 Å². The van der Waals surface area contributed by atoms with Gasteiger partial charge in [-0.3, -0.25) is 4.90 Å². The lowest BCUT2D eigenvalue weighted by Gasteiger charge is -2.13. The van der Waals surface area contributed by atoms with Crippen molar-refractivity contribution in [3.63, 3.8) is 0 Å². The normalized spacial score (nSPS) is 31.2. The molecule has 1 rings (SSSR count). The summed E-state index contributed by atoms with van der Waals surface area (Å²) in [6.45, 7) is 3.50. The summed E-state index contributed by atoms with van der Waals surface area (Å²) in [5.41, 5.74) is 5.46. The molecule has 1 fully saturated rings. The molecule has 12 heavy (non-hydrogen) atoms. The van der Waals surface area contributed by atoms with Crippen molar-refractivity contribution in [1.82, 2.24) is 4.90 Å². The number of ether oxygens (including phenoxy) is 2. The summed E-state index contributed by atoms with van der Waals surface area (Å²) in [6, 6.07) is 0. The first-order chi connectivity index (χ1) is 5.81. The van der Waals surface area contributed by atoms with Crippen LogP contribution in [0, 0.1) is 0 Å². The van der Waals surface area contributed by atoms with E-state index < -0.39 is 0 Å². The highest BCUT2D eigenvalue weighted by molar-refractivity contribution is 4.85. The lowest BCUT2D eigenvalue weighted by Crippen LogP contribution is -2.28. The maximum atomic E-state index is 5.46. The highest BCUT2D eigenvalue weighted by Gasteiger charge is 2.31. The van der Waals surface area contributed by atoms with E-state index in [-0.39, 0.29) is 12.2 Å². The zero-order valence-electron chi connectivity index (χ0n) is 7.82. The predicted octanol–water partition coefficient (Wildman–Crippen LogP) is -0.709. The second-order valence-electron chi connectivity index (χ2n) is 3.10. The molecule has 0 amide bonds. The molecule has 2 atom stereocenters. The Morgan fingerprint density at radius 2 is 1.75 bits per heavy atom. The van der Waals surface area contributed by atoms with Gasteiger partial charge in [-0.25, -0.2) is 0 Å². The smallest absolute Gasteiger partial charge is 0.0971 e. The molecule has 0 saturated carbocycles. The van der Waals surface area contributed by atoms with Gasteiger partial charge >= 0.3 is 0 Å². The Kier molecular flexibility index (Phi) is 3.94. The first kappa shape index (κ1) is 9.92. The summed E-state index contributed by atoms with van der Waals surface area (Å²) in [7, 11) is 3.45. The summed E-state index contributed by atoms with van der Waals surface area (Å²) in [5.74, 6) is 0. The summed E-state index contributed by atoms with van der Waals surface area (Å²) >= 11 is 0. The van der Waals surface area contributed by atoms with Crippen molar-refractivity contribution in [1.29, 1.82) is 0 Å². The lowest BCUT2D eigenvalue weighted by molar-refractivity contribution is -0.00461. The van der Waals surface area contributed by atoms with Crippen molar-refractivity contribution >= 4 is 0 Å². The zero-order valence-corrected chi connectivity index (χ0v) is 7.82. The topological polar surface area (TPSA) is 47.7 Å². The van der Waals surface area contributed by atoms with Crippen LogP contribution in [0.15, 0.2) is 0 Å². The van der Waals surface area contributed by atoms with Crippen molar-refractivity contribution < 1.29 is 9.47 Å². The van der Waals surface area contributed by atoms with E-state index in [9.17, 15) is 0 Å². The van der Waals surface area contributed by atoms with Crippen LogP contribution in [-0.4, -0.2) is 57.5 Å². The number of nitrogens with two attached hydrogens (primary N) is 1. The van der Waals surface area contributed by atoms with Gasteiger partial charge in [0.05, 0.1) is 12.2 Å². The average molecular weight is 174 g/mol. The lowest BCUT2D eigenvalue weighted by atomic mass is 10.3. The van der Waals surface area contributed by atoms with Gasteiger partial charge in [0, 0.05) is 40.4 Å². The van der Waals surface area contributed by atoms with Gasteiger partial charge in [0.2, 0.25) is 0 Å². The second kappa shape index (κ2) is 4.77. The fraction of sp³-hybridized carbons (Fsp3) is 1.00. The number of rotatable bonds is 4. The van der Waals surface area contributed by atoms with Crippen LogP contribution in [0.2, 0.25) is 0 Å². The van der Waals surface area contributed by atoms with Gasteiger partial charge in [-0.1, -0.05) is 0 Å². The van der Waals surface area contributed by atoms with Crippen LogP contribution in [0.4, 0.5) is 0 Å². The third-order valence-corrected chi connectivity index (χ3v) is 2.34. The molecule has 0 aromatic rings. The second-order valence-corrected chi connectivity index (χ2v) is 3.10. The third-order valence-electron chi connectivity index (χ3n) is 2.34. The van der Waals surface area contributed by atoms with E-state index >= 15 is 0 Å². The van der Waals surface area contributed by atoms with Gasteiger partial charge in [0.15, 0.2) is 0 Å². The Bertz CT molecular complexity index is 120. The largest absolute Gasteiger partial charge is 0.377 e. The molecule has 2 unspecified atom stereocenters. The van der Waals surface area contributed by atoms with Gasteiger partial charge < -0.3 is 15.2 Å². The molecule has 1 saturated heterocycles. The van der Waals surface area contributed by atoms with Crippen LogP contribution >= 0.6 is 0 Å². The van der Waals surface area contributed by atoms with Gasteiger partial charge in [0.25, 0.3) is 0 Å². The maximum absolute atomic E-state index is 5.46. The molecule has 0 aliphatic carbocycles. The van der Waals surface area contributed by atoms with E-state index in [0.717, 1.165) is 19.6 Å². The highest BCUT2D eigenvalue weighted by atomic mass is 16.5. The van der Waals surface area contributed by atoms with Crippen molar-refractivity contribution in [3.8, 4) is 0 Å². The van der Waals surface area contributed by atoms with E-state index in [1.54, 1.807) is 14.2 Å². The van der Waals surface area contributed by atoms with Crippen LogP contribution in [0.1, 0.15) is 0 Å². The van der Waals surface area contributed by atoms with Gasteiger partial charge in [-0.05, 0) is 0 Å². The van der Waals surface area contributed by atoms with Crippen molar-refractivity contribution in [3.05, 3.63) is 0 Å². The first-order valence-electron chi connectivity index (χ1n) is 4.29. The number of nitrogens with zero attached hydrogens (tertiary/aromatic N) is 1. The zero-order chi connectivity index (χ0) is 8.97. The number of likely N-dealkylation sites (tertiary alicyclic amines) is 1. The van der Waals surface area contributed by atoms with Crippen LogP contribution < -0.4 is 5.73 Å². The molecule has 4 heteroatoms. The standard InChI is InChI=1S/C8H18N2O2/c1-11-7-5-10(4-3-9)6-8(7)12-2/h7-8H,3-6,9H2,1-2H3. The Balaban J connectivity index is 2.36. The summed E-state index contributed by atoms with van der Waals surface area (Å²) in [5, 5.41) is 0. The van der Waals surface area contributed by atoms with Crippen LogP contribution in [0.25, 0.3) is 0 Å². The molecule has 0 bridgehead atoms. The van der Waals surface area contributed by atoms with Crippen LogP contribution in [-0.2, 0) is 9.47 Å². The van der Waals surface area contributed by atoms with E-state index in [1.807, 2.05) is 0 Å². The maximum Gasteiger partial charge on any atom is 0.0971 e. The number of hydrogen-bond donors (Lipinski definition) is 1. The van der Waals surface area contributed by atoms with E-state index in [1.165, 1.54) is 0 Å². The molecule has 1 aliphatic heterocycles. The SMILES string of the molecule is COC1CN(CCN)CC1OC. The van der Waals surface area contributed by atoms with Crippen molar-refractivity contribution in [2.45, 2.75) is 12.2 Å². The minimum atomic E-state index is 0.210. The Morgan fingerprint density at radius 3 is 2.08 bits per heavy atom. The van der Waals surface area contributed by atoms with Crippen molar-refractivity contribution in [2.75, 3.05) is 40.4 Å². The average Bonchev–Trinajstić information content (AvgIpc) is 2.48. The fourth-order valence-electron chi connectivity index (χ4n) is 1.64.